The van der Waals surface area contributed by atoms with Crippen LogP contribution in [0.25, 0.3) is 11.5 Å². The molecule has 19 heavy (non-hydrogen) atoms. The van der Waals surface area contributed by atoms with Crippen LogP contribution in [0.1, 0.15) is 39.0 Å². The molecule has 2 rings (SSSR count). The second kappa shape index (κ2) is 5.44. The van der Waals surface area contributed by atoms with Crippen molar-refractivity contribution in [1.29, 1.82) is 0 Å². The average molecular weight is 261 g/mol. The molecule has 0 aliphatic rings. The predicted octanol–water partition coefficient (Wildman–Crippen LogP) is 2.01. The van der Waals surface area contributed by atoms with Gasteiger partial charge in [0.25, 0.3) is 0 Å². The molecule has 1 atom stereocenters. The largest absolute Gasteiger partial charge is 0.339 e. The summed E-state index contributed by atoms with van der Waals surface area (Å²) in [5.74, 6) is 1.12. The van der Waals surface area contributed by atoms with Crippen molar-refractivity contribution in [2.45, 2.75) is 33.1 Å². The zero-order chi connectivity index (χ0) is 13.9. The van der Waals surface area contributed by atoms with Gasteiger partial charge in [-0.05, 0) is 17.9 Å². The summed E-state index contributed by atoms with van der Waals surface area (Å²) in [5, 5.41) is 3.95. The number of nitrogens with two attached hydrogens (primary N) is 1. The first-order valence-corrected chi connectivity index (χ1v) is 6.29. The topological polar surface area (TPSA) is 90.7 Å². The molecule has 0 bridgehead atoms. The zero-order valence-corrected chi connectivity index (χ0v) is 11.5. The van der Waals surface area contributed by atoms with Crippen LogP contribution in [0.2, 0.25) is 0 Å². The van der Waals surface area contributed by atoms with E-state index in [4.69, 9.17) is 10.3 Å². The van der Waals surface area contributed by atoms with Crippen LogP contribution in [0.5, 0.6) is 0 Å². The summed E-state index contributed by atoms with van der Waals surface area (Å²) in [6.07, 6.45) is 4.00. The lowest BCUT2D eigenvalue weighted by Crippen LogP contribution is -2.19. The van der Waals surface area contributed by atoms with Crippen LogP contribution >= 0.6 is 0 Å². The first-order valence-electron chi connectivity index (χ1n) is 6.29. The molecule has 0 aliphatic carbocycles. The Bertz CT molecular complexity index is 517. The summed E-state index contributed by atoms with van der Waals surface area (Å²) in [5.41, 5.74) is 6.62. The summed E-state index contributed by atoms with van der Waals surface area (Å²) in [6.45, 7) is 6.98. The van der Waals surface area contributed by atoms with Crippen molar-refractivity contribution in [3.05, 3.63) is 24.5 Å². The highest BCUT2D eigenvalue weighted by atomic mass is 16.5. The molecule has 2 aromatic rings. The highest BCUT2D eigenvalue weighted by Crippen LogP contribution is 2.30. The minimum Gasteiger partial charge on any atom is -0.339 e. The van der Waals surface area contributed by atoms with E-state index in [2.05, 4.69) is 40.9 Å². The van der Waals surface area contributed by atoms with Crippen LogP contribution in [0.3, 0.4) is 0 Å². The maximum Gasteiger partial charge on any atom is 0.231 e. The molecule has 0 amide bonds. The van der Waals surface area contributed by atoms with E-state index in [0.29, 0.717) is 24.0 Å². The fourth-order valence-corrected chi connectivity index (χ4v) is 1.94. The highest BCUT2D eigenvalue weighted by molar-refractivity contribution is 5.46. The minimum atomic E-state index is 0.0723. The van der Waals surface area contributed by atoms with Gasteiger partial charge in [-0.15, -0.1) is 0 Å². The number of rotatable bonds is 4. The Balaban J connectivity index is 2.20. The van der Waals surface area contributed by atoms with Crippen LogP contribution in [0.15, 0.2) is 23.1 Å². The number of aromatic nitrogens is 4. The summed E-state index contributed by atoms with van der Waals surface area (Å²) in [7, 11) is 0. The molecule has 102 valence electrons. The lowest BCUT2D eigenvalue weighted by atomic mass is 9.84. The molecule has 0 saturated heterocycles. The molecule has 0 radical (unpaired) electrons. The lowest BCUT2D eigenvalue weighted by molar-refractivity contribution is 0.287. The van der Waals surface area contributed by atoms with E-state index in [1.165, 1.54) is 6.33 Å². The fourth-order valence-electron chi connectivity index (χ4n) is 1.94. The maximum atomic E-state index is 5.81. The van der Waals surface area contributed by atoms with Crippen LogP contribution in [-0.4, -0.2) is 26.7 Å². The number of nitrogens with zero attached hydrogens (tertiary/aromatic N) is 4. The molecule has 2 heterocycles. The first-order chi connectivity index (χ1) is 8.99. The Hall–Kier alpha value is -1.82. The third-order valence-corrected chi connectivity index (χ3v) is 2.75. The average Bonchev–Trinajstić information content (AvgIpc) is 2.85. The first kappa shape index (κ1) is 13.6. The van der Waals surface area contributed by atoms with Crippen molar-refractivity contribution in [2.24, 2.45) is 11.1 Å². The molecule has 2 aromatic heterocycles. The monoisotopic (exact) mass is 261 g/mol. The third-order valence-electron chi connectivity index (χ3n) is 2.75. The summed E-state index contributed by atoms with van der Waals surface area (Å²) in [4.78, 5) is 12.3. The Morgan fingerprint density at radius 3 is 2.74 bits per heavy atom. The maximum absolute atomic E-state index is 5.81. The van der Waals surface area contributed by atoms with Crippen LogP contribution in [0, 0.1) is 5.41 Å². The second-order valence-electron chi connectivity index (χ2n) is 5.75. The van der Waals surface area contributed by atoms with Crippen molar-refractivity contribution in [3.8, 4) is 11.5 Å². The van der Waals surface area contributed by atoms with E-state index in [-0.39, 0.29) is 11.3 Å². The van der Waals surface area contributed by atoms with E-state index >= 15 is 0 Å². The molecule has 0 saturated carbocycles. The lowest BCUT2D eigenvalue weighted by Gasteiger charge is -2.22. The van der Waals surface area contributed by atoms with Gasteiger partial charge in [-0.25, -0.2) is 9.97 Å². The van der Waals surface area contributed by atoms with Crippen molar-refractivity contribution in [3.63, 3.8) is 0 Å². The molecule has 0 fully saturated rings. The van der Waals surface area contributed by atoms with E-state index < -0.39 is 0 Å². The molecular formula is C13H19N5O. The number of hydrogen-bond acceptors (Lipinski definition) is 6. The van der Waals surface area contributed by atoms with Crippen molar-refractivity contribution >= 4 is 0 Å². The van der Waals surface area contributed by atoms with Crippen molar-refractivity contribution in [2.75, 3.05) is 6.54 Å². The molecule has 6 nitrogen and oxygen atoms in total. The predicted molar refractivity (Wildman–Crippen MR) is 71.2 cm³/mol. The molecule has 0 spiro atoms. The van der Waals surface area contributed by atoms with Gasteiger partial charge in [-0.1, -0.05) is 25.9 Å². The Morgan fingerprint density at radius 2 is 2.16 bits per heavy atom. The van der Waals surface area contributed by atoms with Gasteiger partial charge < -0.3 is 10.3 Å². The zero-order valence-electron chi connectivity index (χ0n) is 11.5. The highest BCUT2D eigenvalue weighted by Gasteiger charge is 2.24. The smallest absolute Gasteiger partial charge is 0.231 e. The van der Waals surface area contributed by atoms with Crippen molar-refractivity contribution < 1.29 is 4.52 Å². The number of hydrogen-bond donors (Lipinski definition) is 1. The Labute approximate surface area is 112 Å². The SMILES string of the molecule is CC(C)(C)CC(CN)c1nc(-c2ccncn2)no1. The minimum absolute atomic E-state index is 0.0723. The van der Waals surface area contributed by atoms with Crippen LogP contribution in [-0.2, 0) is 0 Å². The molecular weight excluding hydrogens is 242 g/mol. The van der Waals surface area contributed by atoms with Gasteiger partial charge in [-0.2, -0.15) is 4.98 Å². The summed E-state index contributed by atoms with van der Waals surface area (Å²) in [6, 6.07) is 1.75. The van der Waals surface area contributed by atoms with E-state index in [1.807, 2.05) is 0 Å². The third kappa shape index (κ3) is 3.57. The van der Waals surface area contributed by atoms with Gasteiger partial charge in [0, 0.05) is 12.7 Å². The second-order valence-corrected chi connectivity index (χ2v) is 5.75. The quantitative estimate of drug-likeness (QED) is 0.905. The van der Waals surface area contributed by atoms with Gasteiger partial charge in [0.2, 0.25) is 11.7 Å². The van der Waals surface area contributed by atoms with E-state index in [0.717, 1.165) is 6.42 Å². The van der Waals surface area contributed by atoms with Gasteiger partial charge in [0.05, 0.1) is 5.92 Å². The van der Waals surface area contributed by atoms with Gasteiger partial charge in [0.1, 0.15) is 12.0 Å². The molecule has 6 heteroatoms. The fraction of sp³-hybridized carbons (Fsp3) is 0.538. The van der Waals surface area contributed by atoms with Gasteiger partial charge in [-0.3, -0.25) is 0 Å². The normalized spacial score (nSPS) is 13.5. The molecule has 0 aliphatic heterocycles. The van der Waals surface area contributed by atoms with E-state index in [9.17, 15) is 0 Å². The molecule has 1 unspecified atom stereocenters. The summed E-state index contributed by atoms with van der Waals surface area (Å²) >= 11 is 0. The molecule has 2 N–H and O–H groups in total. The van der Waals surface area contributed by atoms with Crippen molar-refractivity contribution in [1.82, 2.24) is 20.1 Å². The van der Waals surface area contributed by atoms with Gasteiger partial charge in [0.15, 0.2) is 0 Å². The van der Waals surface area contributed by atoms with Crippen LogP contribution < -0.4 is 5.73 Å². The van der Waals surface area contributed by atoms with Gasteiger partial charge >= 0.3 is 0 Å². The molecule has 0 aromatic carbocycles. The van der Waals surface area contributed by atoms with E-state index in [1.54, 1.807) is 12.3 Å². The van der Waals surface area contributed by atoms with Crippen LogP contribution in [0.4, 0.5) is 0 Å². The standard InChI is InChI=1S/C13H19N5O/c1-13(2,3)6-9(7-14)12-17-11(18-19-12)10-4-5-15-8-16-10/h4-5,8-9H,6-7,14H2,1-3H3. The summed E-state index contributed by atoms with van der Waals surface area (Å²) < 4.78 is 5.32. The Morgan fingerprint density at radius 1 is 1.37 bits per heavy atom. The Kier molecular flexibility index (Phi) is 3.90.